The molecule has 0 aliphatic rings. The molecule has 0 aliphatic carbocycles. The van der Waals surface area contributed by atoms with Gasteiger partial charge in [-0.15, -0.1) is 0 Å². The molecule has 0 aliphatic heterocycles. The number of esters is 3. The van der Waals surface area contributed by atoms with Gasteiger partial charge in [0.1, 0.15) is 13.2 Å². The standard InChI is InChI=1S/C67H126O6/c1-4-7-10-13-16-19-22-25-28-31-34-37-39-42-45-48-51-54-57-60-66(69)72-63-64(73-67(70)61-58-55-52-49-46-43-40-36-33-30-27-24-21-18-15-12-9-6-3)62-71-65(68)59-56-53-50-47-44-41-38-35-32-29-26-23-20-17-14-11-8-5-2/h21,24,30,33,64H,4-20,22-23,25-29,31-32,34-63H2,1-3H3/b24-21-,33-30-. The van der Waals surface area contributed by atoms with Gasteiger partial charge in [-0.1, -0.05) is 321 Å². The summed E-state index contributed by atoms with van der Waals surface area (Å²) in [6.45, 7) is 6.70. The fourth-order valence-corrected chi connectivity index (χ4v) is 10.0. The van der Waals surface area contributed by atoms with Gasteiger partial charge in [0.15, 0.2) is 6.10 Å². The molecule has 1 unspecified atom stereocenters. The molecule has 0 rings (SSSR count). The van der Waals surface area contributed by atoms with Crippen molar-refractivity contribution in [2.45, 2.75) is 374 Å². The van der Waals surface area contributed by atoms with Gasteiger partial charge in [0.05, 0.1) is 0 Å². The van der Waals surface area contributed by atoms with E-state index in [9.17, 15) is 14.4 Å². The van der Waals surface area contributed by atoms with Crippen molar-refractivity contribution in [1.29, 1.82) is 0 Å². The van der Waals surface area contributed by atoms with Gasteiger partial charge in [0.2, 0.25) is 0 Å². The van der Waals surface area contributed by atoms with Gasteiger partial charge < -0.3 is 14.2 Å². The van der Waals surface area contributed by atoms with Gasteiger partial charge in [-0.2, -0.15) is 0 Å². The van der Waals surface area contributed by atoms with Gasteiger partial charge in [0.25, 0.3) is 0 Å². The van der Waals surface area contributed by atoms with Crippen molar-refractivity contribution >= 4 is 17.9 Å². The molecule has 0 N–H and O–H groups in total. The van der Waals surface area contributed by atoms with Crippen molar-refractivity contribution in [2.75, 3.05) is 13.2 Å². The first-order valence-electron chi connectivity index (χ1n) is 32.8. The van der Waals surface area contributed by atoms with Crippen LogP contribution in [0.25, 0.3) is 0 Å². The lowest BCUT2D eigenvalue weighted by molar-refractivity contribution is -0.167. The molecule has 0 bridgehead atoms. The van der Waals surface area contributed by atoms with E-state index in [2.05, 4.69) is 45.1 Å². The average Bonchev–Trinajstić information content (AvgIpc) is 3.39. The van der Waals surface area contributed by atoms with E-state index in [0.29, 0.717) is 19.3 Å². The maximum atomic E-state index is 12.9. The lowest BCUT2D eigenvalue weighted by Gasteiger charge is -2.18. The number of allylic oxidation sites excluding steroid dienone is 4. The van der Waals surface area contributed by atoms with Crippen molar-refractivity contribution < 1.29 is 28.6 Å². The van der Waals surface area contributed by atoms with Gasteiger partial charge in [-0.3, -0.25) is 14.4 Å². The van der Waals surface area contributed by atoms with E-state index >= 15 is 0 Å². The van der Waals surface area contributed by atoms with Crippen molar-refractivity contribution in [1.82, 2.24) is 0 Å². The first-order valence-corrected chi connectivity index (χ1v) is 32.8. The van der Waals surface area contributed by atoms with Crippen molar-refractivity contribution in [3.05, 3.63) is 24.3 Å². The first kappa shape index (κ1) is 70.9. The van der Waals surface area contributed by atoms with E-state index in [1.165, 1.54) is 257 Å². The second kappa shape index (κ2) is 62.4. The quantitative estimate of drug-likeness (QED) is 0.0261. The number of carbonyl (C=O) groups is 3. The lowest BCUT2D eigenvalue weighted by atomic mass is 10.0. The number of hydrogen-bond donors (Lipinski definition) is 0. The highest BCUT2D eigenvalue weighted by molar-refractivity contribution is 5.71. The molecular weight excluding hydrogens is 901 g/mol. The summed E-state index contributed by atoms with van der Waals surface area (Å²) in [5, 5.41) is 0. The first-order chi connectivity index (χ1) is 36.0. The van der Waals surface area contributed by atoms with Gasteiger partial charge in [-0.05, 0) is 51.4 Å². The minimum atomic E-state index is -0.772. The highest BCUT2D eigenvalue weighted by atomic mass is 16.6. The van der Waals surface area contributed by atoms with Crippen LogP contribution in [0, 0.1) is 0 Å². The molecule has 6 heteroatoms. The summed E-state index contributed by atoms with van der Waals surface area (Å²) in [6.07, 6.45) is 74.7. The van der Waals surface area contributed by atoms with Crippen LogP contribution in [-0.4, -0.2) is 37.2 Å². The van der Waals surface area contributed by atoms with E-state index in [4.69, 9.17) is 14.2 Å². The normalized spacial score (nSPS) is 12.1. The number of hydrogen-bond acceptors (Lipinski definition) is 6. The lowest BCUT2D eigenvalue weighted by Crippen LogP contribution is -2.30. The molecule has 73 heavy (non-hydrogen) atoms. The molecule has 0 amide bonds. The second-order valence-electron chi connectivity index (χ2n) is 22.4. The van der Waals surface area contributed by atoms with E-state index in [1.54, 1.807) is 0 Å². The maximum Gasteiger partial charge on any atom is 0.306 e. The van der Waals surface area contributed by atoms with Crippen LogP contribution >= 0.6 is 0 Å². The number of carbonyl (C=O) groups excluding carboxylic acids is 3. The summed E-state index contributed by atoms with van der Waals surface area (Å²) in [4.78, 5) is 38.4. The van der Waals surface area contributed by atoms with E-state index < -0.39 is 6.10 Å². The Morgan fingerprint density at radius 2 is 0.493 bits per heavy atom. The highest BCUT2D eigenvalue weighted by Crippen LogP contribution is 2.18. The Hall–Kier alpha value is -2.11. The Morgan fingerprint density at radius 1 is 0.274 bits per heavy atom. The fourth-order valence-electron chi connectivity index (χ4n) is 10.0. The third kappa shape index (κ3) is 60.6. The Kier molecular flexibility index (Phi) is 60.6. The molecule has 6 nitrogen and oxygen atoms in total. The Balaban J connectivity index is 4.32. The Labute approximate surface area is 455 Å². The van der Waals surface area contributed by atoms with Crippen molar-refractivity contribution in [3.8, 4) is 0 Å². The zero-order valence-electron chi connectivity index (χ0n) is 49.4. The molecule has 0 saturated carbocycles. The van der Waals surface area contributed by atoms with E-state index in [0.717, 1.165) is 70.6 Å². The van der Waals surface area contributed by atoms with Gasteiger partial charge in [0, 0.05) is 19.3 Å². The second-order valence-corrected chi connectivity index (χ2v) is 22.4. The predicted octanol–water partition coefficient (Wildman–Crippen LogP) is 22.2. The summed E-state index contributed by atoms with van der Waals surface area (Å²) in [6, 6.07) is 0. The third-order valence-corrected chi connectivity index (χ3v) is 15.0. The molecule has 0 aromatic carbocycles. The van der Waals surface area contributed by atoms with Crippen molar-refractivity contribution in [3.63, 3.8) is 0 Å². The number of rotatable bonds is 61. The Bertz CT molecular complexity index is 1180. The SMILES string of the molecule is CCCCCC/C=C\C/C=C\CCCCCCCCCC(=O)OC(COC(=O)CCCCCCCCCCCCCCCCCCCC)COC(=O)CCCCCCCCCCCCCCCCCCCCC. The van der Waals surface area contributed by atoms with Crippen LogP contribution < -0.4 is 0 Å². The zero-order valence-corrected chi connectivity index (χ0v) is 49.4. The molecule has 0 radical (unpaired) electrons. The van der Waals surface area contributed by atoms with Crippen LogP contribution in [0.4, 0.5) is 0 Å². The Morgan fingerprint density at radius 3 is 0.767 bits per heavy atom. The van der Waals surface area contributed by atoms with Crippen molar-refractivity contribution in [2.24, 2.45) is 0 Å². The molecule has 1 atom stereocenters. The number of ether oxygens (including phenoxy) is 3. The molecule has 0 fully saturated rings. The van der Waals surface area contributed by atoms with Gasteiger partial charge >= 0.3 is 17.9 Å². The average molecular weight is 1030 g/mol. The zero-order chi connectivity index (χ0) is 52.9. The molecule has 0 heterocycles. The van der Waals surface area contributed by atoms with Gasteiger partial charge in [-0.25, -0.2) is 0 Å². The maximum absolute atomic E-state index is 12.9. The predicted molar refractivity (Wildman–Crippen MR) is 316 cm³/mol. The molecule has 0 aromatic heterocycles. The molecule has 0 saturated heterocycles. The summed E-state index contributed by atoms with van der Waals surface area (Å²) < 4.78 is 17.0. The smallest absolute Gasteiger partial charge is 0.306 e. The molecule has 0 aromatic rings. The summed E-state index contributed by atoms with van der Waals surface area (Å²) in [5.74, 6) is -0.845. The van der Waals surface area contributed by atoms with Crippen LogP contribution in [0.3, 0.4) is 0 Å². The van der Waals surface area contributed by atoms with Crippen LogP contribution in [0.2, 0.25) is 0 Å². The van der Waals surface area contributed by atoms with Crippen LogP contribution in [0.5, 0.6) is 0 Å². The van der Waals surface area contributed by atoms with E-state index in [-0.39, 0.29) is 31.1 Å². The molecule has 430 valence electrons. The van der Waals surface area contributed by atoms with E-state index in [1.807, 2.05) is 0 Å². The van der Waals surface area contributed by atoms with Crippen LogP contribution in [0.1, 0.15) is 367 Å². The number of unbranched alkanes of at least 4 members (excludes halogenated alkanes) is 46. The largest absolute Gasteiger partial charge is 0.462 e. The monoisotopic (exact) mass is 1030 g/mol. The summed E-state index contributed by atoms with van der Waals surface area (Å²) in [7, 11) is 0. The minimum absolute atomic E-state index is 0.0683. The molecule has 0 spiro atoms. The molecular formula is C67H126O6. The third-order valence-electron chi connectivity index (χ3n) is 15.0. The summed E-state index contributed by atoms with van der Waals surface area (Å²) in [5.41, 5.74) is 0. The van der Waals surface area contributed by atoms with Crippen LogP contribution in [0.15, 0.2) is 24.3 Å². The topological polar surface area (TPSA) is 78.9 Å². The van der Waals surface area contributed by atoms with Crippen LogP contribution in [-0.2, 0) is 28.6 Å². The fraction of sp³-hybridized carbons (Fsp3) is 0.896. The minimum Gasteiger partial charge on any atom is -0.462 e. The summed E-state index contributed by atoms with van der Waals surface area (Å²) >= 11 is 0. The highest BCUT2D eigenvalue weighted by Gasteiger charge is 2.19.